The normalized spacial score (nSPS) is 15.1. The van der Waals surface area contributed by atoms with E-state index in [1.807, 2.05) is 26.0 Å². The van der Waals surface area contributed by atoms with E-state index in [1.54, 1.807) is 12.1 Å². The predicted octanol–water partition coefficient (Wildman–Crippen LogP) is 3.71. The molecule has 172 valence electrons. The van der Waals surface area contributed by atoms with Crippen LogP contribution in [0.3, 0.4) is 0 Å². The van der Waals surface area contributed by atoms with Gasteiger partial charge in [-0.3, -0.25) is 14.9 Å². The van der Waals surface area contributed by atoms with Gasteiger partial charge >= 0.3 is 12.0 Å². The maximum absolute atomic E-state index is 13.1. The molecule has 1 saturated heterocycles. The Balaban J connectivity index is 1.97. The van der Waals surface area contributed by atoms with Crippen LogP contribution in [-0.4, -0.2) is 42.6 Å². The quantitative estimate of drug-likeness (QED) is 0.424. The van der Waals surface area contributed by atoms with Crippen molar-refractivity contribution in [2.45, 2.75) is 19.8 Å². The Labute approximate surface area is 198 Å². The van der Waals surface area contributed by atoms with Gasteiger partial charge in [-0.2, -0.15) is 0 Å². The number of hydrogen-bond acceptors (Lipinski definition) is 6. The highest BCUT2D eigenvalue weighted by Crippen LogP contribution is 2.37. The number of methoxy groups -OCH3 is 1. The van der Waals surface area contributed by atoms with Gasteiger partial charge in [0.15, 0.2) is 18.1 Å². The minimum Gasteiger partial charge on any atom is -0.493 e. The van der Waals surface area contributed by atoms with Crippen LogP contribution in [0.2, 0.25) is 0 Å². The number of hydrogen-bond donors (Lipinski definition) is 2. The van der Waals surface area contributed by atoms with Crippen molar-refractivity contribution in [2.24, 2.45) is 0 Å². The topological polar surface area (TPSA) is 122 Å². The average molecular weight is 517 g/mol. The Hall–Kier alpha value is -3.66. The Bertz CT molecular complexity index is 1160. The largest absolute Gasteiger partial charge is 0.493 e. The number of carboxylic acids is 1. The van der Waals surface area contributed by atoms with Crippen molar-refractivity contribution < 1.29 is 33.8 Å². The van der Waals surface area contributed by atoms with Crippen molar-refractivity contribution >= 4 is 51.5 Å². The number of nitrogens with zero attached hydrogens (tertiary/aromatic N) is 1. The van der Waals surface area contributed by atoms with Gasteiger partial charge in [-0.15, -0.1) is 0 Å². The lowest BCUT2D eigenvalue weighted by molar-refractivity contribution is -0.139. The Kier molecular flexibility index (Phi) is 7.17. The smallest absolute Gasteiger partial charge is 0.341 e. The third-order valence-corrected chi connectivity index (χ3v) is 5.41. The van der Waals surface area contributed by atoms with E-state index in [2.05, 4.69) is 21.2 Å². The van der Waals surface area contributed by atoms with E-state index in [4.69, 9.17) is 14.6 Å². The molecule has 0 atom stereocenters. The number of carbonyl (C=O) groups is 4. The molecule has 0 aliphatic carbocycles. The minimum absolute atomic E-state index is 0.156. The van der Waals surface area contributed by atoms with Gasteiger partial charge in [0.05, 0.1) is 17.3 Å². The van der Waals surface area contributed by atoms with Gasteiger partial charge in [0, 0.05) is 0 Å². The number of benzene rings is 2. The van der Waals surface area contributed by atoms with Crippen LogP contribution in [0.15, 0.2) is 46.4 Å². The Morgan fingerprint density at radius 2 is 1.85 bits per heavy atom. The molecular weight excluding hydrogens is 496 g/mol. The van der Waals surface area contributed by atoms with Crippen LogP contribution in [0.25, 0.3) is 6.08 Å². The van der Waals surface area contributed by atoms with E-state index in [0.717, 1.165) is 10.5 Å². The van der Waals surface area contributed by atoms with E-state index in [9.17, 15) is 19.2 Å². The van der Waals surface area contributed by atoms with Crippen molar-refractivity contribution in [2.75, 3.05) is 18.6 Å². The first-order valence-corrected chi connectivity index (χ1v) is 10.6. The zero-order valence-electron chi connectivity index (χ0n) is 18.0. The van der Waals surface area contributed by atoms with Crippen LogP contribution < -0.4 is 19.7 Å². The van der Waals surface area contributed by atoms with Gasteiger partial charge in [-0.1, -0.05) is 26.0 Å². The summed E-state index contributed by atoms with van der Waals surface area (Å²) in [4.78, 5) is 49.7. The molecule has 4 amide bonds. The number of aliphatic carboxylic acids is 1. The second-order valence-electron chi connectivity index (χ2n) is 7.42. The molecule has 1 fully saturated rings. The number of carboxylic acid groups (broad SMARTS) is 1. The number of halogens is 1. The summed E-state index contributed by atoms with van der Waals surface area (Å²) in [5.41, 5.74) is 1.51. The lowest BCUT2D eigenvalue weighted by Gasteiger charge is -2.26. The van der Waals surface area contributed by atoms with Crippen molar-refractivity contribution in [3.8, 4) is 11.5 Å². The Morgan fingerprint density at radius 3 is 2.42 bits per heavy atom. The summed E-state index contributed by atoms with van der Waals surface area (Å²) in [6, 6.07) is 9.11. The third kappa shape index (κ3) is 5.23. The van der Waals surface area contributed by atoms with Crippen LogP contribution in [0.1, 0.15) is 30.9 Å². The maximum atomic E-state index is 13.1. The number of imide groups is 2. The molecule has 2 aromatic carbocycles. The van der Waals surface area contributed by atoms with Crippen LogP contribution in [0.5, 0.6) is 11.5 Å². The molecule has 0 unspecified atom stereocenters. The van der Waals surface area contributed by atoms with E-state index < -0.39 is 30.4 Å². The number of carbonyl (C=O) groups excluding carboxylic acids is 3. The molecule has 1 aliphatic rings. The number of ether oxygens (including phenoxy) is 2. The van der Waals surface area contributed by atoms with Gasteiger partial charge in [0.1, 0.15) is 5.57 Å². The minimum atomic E-state index is -1.16. The molecule has 0 aromatic heterocycles. The fourth-order valence-electron chi connectivity index (χ4n) is 3.16. The number of rotatable bonds is 7. The van der Waals surface area contributed by atoms with Gasteiger partial charge in [0.2, 0.25) is 0 Å². The van der Waals surface area contributed by atoms with E-state index in [-0.39, 0.29) is 23.0 Å². The molecule has 9 nitrogen and oxygen atoms in total. The second kappa shape index (κ2) is 9.86. The van der Waals surface area contributed by atoms with Crippen molar-refractivity contribution in [3.05, 3.63) is 57.6 Å². The van der Waals surface area contributed by atoms with Crippen LogP contribution in [0.4, 0.5) is 10.5 Å². The standard InChI is InChI=1S/C23H21BrN2O7/c1-12(2)14-4-6-15(7-5-14)26-22(30)16(21(29)25-23(26)31)8-13-9-17(24)20(18(10-13)32-3)33-11-19(27)28/h4-10,12H,11H2,1-3H3,(H,27,28)(H,25,29,31). The molecule has 1 heterocycles. The molecule has 0 radical (unpaired) electrons. The highest BCUT2D eigenvalue weighted by Gasteiger charge is 2.36. The Morgan fingerprint density at radius 1 is 1.18 bits per heavy atom. The summed E-state index contributed by atoms with van der Waals surface area (Å²) in [6.45, 7) is 3.47. The summed E-state index contributed by atoms with van der Waals surface area (Å²) >= 11 is 3.28. The van der Waals surface area contributed by atoms with Gasteiger partial charge in [-0.25, -0.2) is 14.5 Å². The molecule has 0 spiro atoms. The van der Waals surface area contributed by atoms with Crippen molar-refractivity contribution in [1.29, 1.82) is 0 Å². The first kappa shape index (κ1) is 24.0. The maximum Gasteiger partial charge on any atom is 0.341 e. The fraction of sp³-hybridized carbons (Fsp3) is 0.217. The number of amides is 4. The number of urea groups is 1. The van der Waals surface area contributed by atoms with E-state index in [1.165, 1.54) is 25.3 Å². The highest BCUT2D eigenvalue weighted by molar-refractivity contribution is 9.10. The van der Waals surface area contributed by atoms with Crippen molar-refractivity contribution in [3.63, 3.8) is 0 Å². The molecule has 1 aliphatic heterocycles. The summed E-state index contributed by atoms with van der Waals surface area (Å²) in [7, 11) is 1.37. The predicted molar refractivity (Wildman–Crippen MR) is 123 cm³/mol. The SMILES string of the molecule is COc1cc(C=C2C(=O)NC(=O)N(c3ccc(C(C)C)cc3)C2=O)cc(Br)c1OCC(=O)O. The van der Waals surface area contributed by atoms with Crippen LogP contribution >= 0.6 is 15.9 Å². The highest BCUT2D eigenvalue weighted by atomic mass is 79.9. The monoisotopic (exact) mass is 516 g/mol. The third-order valence-electron chi connectivity index (χ3n) is 4.82. The first-order valence-electron chi connectivity index (χ1n) is 9.86. The average Bonchev–Trinajstić information content (AvgIpc) is 2.75. The van der Waals surface area contributed by atoms with E-state index >= 15 is 0 Å². The zero-order chi connectivity index (χ0) is 24.3. The fourth-order valence-corrected chi connectivity index (χ4v) is 3.74. The zero-order valence-corrected chi connectivity index (χ0v) is 19.6. The molecule has 0 bridgehead atoms. The second-order valence-corrected chi connectivity index (χ2v) is 8.27. The number of nitrogens with one attached hydrogen (secondary N) is 1. The summed E-state index contributed by atoms with van der Waals surface area (Å²) < 4.78 is 10.8. The molecule has 2 aromatic rings. The summed E-state index contributed by atoms with van der Waals surface area (Å²) in [5, 5.41) is 11.0. The summed E-state index contributed by atoms with van der Waals surface area (Å²) in [5.74, 6) is -2.14. The molecule has 2 N–H and O–H groups in total. The first-order chi connectivity index (χ1) is 15.6. The number of barbiturate groups is 1. The van der Waals surface area contributed by atoms with Gasteiger partial charge in [0.25, 0.3) is 11.8 Å². The lowest BCUT2D eigenvalue weighted by atomic mass is 10.0. The van der Waals surface area contributed by atoms with E-state index in [0.29, 0.717) is 15.7 Å². The molecule has 3 rings (SSSR count). The van der Waals surface area contributed by atoms with Gasteiger partial charge < -0.3 is 14.6 Å². The lowest BCUT2D eigenvalue weighted by Crippen LogP contribution is -2.54. The molecule has 10 heteroatoms. The number of anilines is 1. The molecular formula is C23H21BrN2O7. The molecule has 33 heavy (non-hydrogen) atoms. The molecule has 0 saturated carbocycles. The van der Waals surface area contributed by atoms with Crippen molar-refractivity contribution in [1.82, 2.24) is 5.32 Å². The van der Waals surface area contributed by atoms with Crippen LogP contribution in [0, 0.1) is 0 Å². The summed E-state index contributed by atoms with van der Waals surface area (Å²) in [6.07, 6.45) is 1.31. The van der Waals surface area contributed by atoms with Gasteiger partial charge in [-0.05, 0) is 63.3 Å². The van der Waals surface area contributed by atoms with Crippen LogP contribution in [-0.2, 0) is 14.4 Å².